The molecule has 0 aliphatic carbocycles. The van der Waals surface area contributed by atoms with Crippen LogP contribution in [0.3, 0.4) is 0 Å². The average Bonchev–Trinajstić information content (AvgIpc) is 2.58. The molecule has 0 fully saturated rings. The van der Waals surface area contributed by atoms with E-state index in [1.165, 1.54) is 0 Å². The fraction of sp³-hybridized carbons (Fsp3) is 0. The Kier molecular flexibility index (Phi) is 3.63. The van der Waals surface area contributed by atoms with Crippen LogP contribution in [0.15, 0.2) is 30.6 Å². The first kappa shape index (κ1) is 9.62. The molecule has 0 aliphatic heterocycles. The van der Waals surface area contributed by atoms with E-state index in [0.717, 1.165) is 11.1 Å². The van der Waals surface area contributed by atoms with Gasteiger partial charge < -0.3 is 9.97 Å². The van der Waals surface area contributed by atoms with Gasteiger partial charge in [0.05, 0.1) is 0 Å². The van der Waals surface area contributed by atoms with Crippen molar-refractivity contribution in [1.29, 1.82) is 0 Å². The summed E-state index contributed by atoms with van der Waals surface area (Å²) in [6.45, 7) is 0. The summed E-state index contributed by atoms with van der Waals surface area (Å²) in [6.07, 6.45) is 9.36. The summed E-state index contributed by atoms with van der Waals surface area (Å²) in [7, 11) is 0. The van der Waals surface area contributed by atoms with Gasteiger partial charge in [-0.25, -0.2) is 17.2 Å². The van der Waals surface area contributed by atoms with Crippen molar-refractivity contribution < 1.29 is 32.7 Å². The van der Waals surface area contributed by atoms with Crippen molar-refractivity contribution in [2.45, 2.75) is 0 Å². The zero-order valence-electron chi connectivity index (χ0n) is 6.41. The smallest absolute Gasteiger partial charge is 0 e. The first-order valence-corrected chi connectivity index (χ1v) is 3.35. The molecule has 0 spiro atoms. The second-order valence-electron chi connectivity index (χ2n) is 2.18. The molecule has 0 aromatic carbocycles. The van der Waals surface area contributed by atoms with E-state index in [2.05, 4.69) is 22.4 Å². The van der Waals surface area contributed by atoms with E-state index >= 15 is 0 Å². The molecule has 1 N–H and O–H groups in total. The summed E-state index contributed by atoms with van der Waals surface area (Å²) in [5, 5.41) is 0. The van der Waals surface area contributed by atoms with Crippen molar-refractivity contribution in [1.82, 2.24) is 9.97 Å². The predicted molar refractivity (Wildman–Crippen MR) is 41.7 cm³/mol. The van der Waals surface area contributed by atoms with Crippen LogP contribution in [0, 0.1) is 12.4 Å². The molecular weight excluding hydrogens is 225 g/mol. The fourth-order valence-corrected chi connectivity index (χ4v) is 0.920. The quantitative estimate of drug-likeness (QED) is 0.743. The zero-order chi connectivity index (χ0) is 7.52. The fourth-order valence-electron chi connectivity index (χ4n) is 0.920. The molecule has 57 valence electrons. The van der Waals surface area contributed by atoms with E-state index in [9.17, 15) is 0 Å². The number of pyridine rings is 1. The van der Waals surface area contributed by atoms with Crippen LogP contribution in [-0.4, -0.2) is 9.97 Å². The number of rotatable bonds is 1. The van der Waals surface area contributed by atoms with Crippen LogP contribution in [0.5, 0.6) is 0 Å². The minimum atomic E-state index is 0. The van der Waals surface area contributed by atoms with Crippen molar-refractivity contribution in [3.63, 3.8) is 0 Å². The van der Waals surface area contributed by atoms with Gasteiger partial charge in [0, 0.05) is 32.7 Å². The molecule has 2 aromatic rings. The number of H-pyrrole nitrogens is 1. The molecule has 3 heteroatoms. The molecule has 0 saturated carbocycles. The van der Waals surface area contributed by atoms with Crippen molar-refractivity contribution in [2.75, 3.05) is 0 Å². The Morgan fingerprint density at radius 3 is 2.75 bits per heavy atom. The van der Waals surface area contributed by atoms with Gasteiger partial charge in [-0.15, -0.1) is 18.5 Å². The number of nitrogens with one attached hydrogen (secondary N) is 1. The van der Waals surface area contributed by atoms with E-state index in [1.807, 2.05) is 24.4 Å². The van der Waals surface area contributed by atoms with Crippen LogP contribution in [0.25, 0.3) is 11.1 Å². The van der Waals surface area contributed by atoms with Crippen LogP contribution in [0.4, 0.5) is 0 Å². The second kappa shape index (κ2) is 4.53. The van der Waals surface area contributed by atoms with E-state index in [-0.39, 0.29) is 32.7 Å². The molecule has 0 aliphatic rings. The summed E-state index contributed by atoms with van der Waals surface area (Å²) in [5.74, 6) is 0. The van der Waals surface area contributed by atoms with Crippen LogP contribution in [-0.2, 0) is 32.7 Å². The Balaban J connectivity index is 0.000000720. The second-order valence-corrected chi connectivity index (χ2v) is 2.18. The third kappa shape index (κ3) is 2.02. The van der Waals surface area contributed by atoms with Gasteiger partial charge in [-0.05, 0) is 0 Å². The summed E-state index contributed by atoms with van der Waals surface area (Å²) < 4.78 is 0. The first-order valence-electron chi connectivity index (χ1n) is 3.35. The Morgan fingerprint density at radius 2 is 2.17 bits per heavy atom. The third-order valence-corrected chi connectivity index (χ3v) is 1.44. The van der Waals surface area contributed by atoms with Crippen molar-refractivity contribution in [3.05, 3.63) is 43.0 Å². The largest absolute Gasteiger partial charge is 0.462 e. The Hall–Kier alpha value is -0.466. The van der Waals surface area contributed by atoms with Crippen molar-refractivity contribution in [2.24, 2.45) is 0 Å². The number of aromatic nitrogens is 2. The normalized spacial score (nSPS) is 9.00. The molecular formula is C9H6N2Y-2. The van der Waals surface area contributed by atoms with Gasteiger partial charge >= 0.3 is 0 Å². The Bertz CT molecular complexity index is 316. The molecule has 0 unspecified atom stereocenters. The van der Waals surface area contributed by atoms with Crippen LogP contribution >= 0.6 is 0 Å². The van der Waals surface area contributed by atoms with Gasteiger partial charge in [-0.2, -0.15) is 6.07 Å². The number of aromatic amines is 1. The first-order chi connectivity index (χ1) is 5.47. The summed E-state index contributed by atoms with van der Waals surface area (Å²) in [6, 6.07) is 5.77. The topological polar surface area (TPSA) is 28.7 Å². The molecule has 2 nitrogen and oxygen atoms in total. The SMILES string of the molecule is [Y].[c-]1ncccc1-c1[c-][nH]cc1. The third-order valence-electron chi connectivity index (χ3n) is 1.44. The maximum absolute atomic E-state index is 3.88. The van der Waals surface area contributed by atoms with Gasteiger partial charge in [0.2, 0.25) is 0 Å². The predicted octanol–water partition coefficient (Wildman–Crippen LogP) is 1.67. The van der Waals surface area contributed by atoms with Gasteiger partial charge in [-0.1, -0.05) is 12.4 Å². The molecule has 12 heavy (non-hydrogen) atoms. The van der Waals surface area contributed by atoms with E-state index in [1.54, 1.807) is 6.20 Å². The van der Waals surface area contributed by atoms with Gasteiger partial charge in [0.25, 0.3) is 0 Å². The molecule has 0 amide bonds. The monoisotopic (exact) mass is 231 g/mol. The molecule has 2 heterocycles. The maximum atomic E-state index is 3.88. The average molecular weight is 231 g/mol. The van der Waals surface area contributed by atoms with Gasteiger partial charge in [-0.3, -0.25) is 0 Å². The van der Waals surface area contributed by atoms with Gasteiger partial charge in [0.1, 0.15) is 0 Å². The van der Waals surface area contributed by atoms with Crippen molar-refractivity contribution in [3.8, 4) is 11.1 Å². The molecule has 2 aromatic heterocycles. The van der Waals surface area contributed by atoms with E-state index in [0.29, 0.717) is 0 Å². The minimum Gasteiger partial charge on any atom is -0.462 e. The van der Waals surface area contributed by atoms with Crippen LogP contribution in [0.1, 0.15) is 0 Å². The summed E-state index contributed by atoms with van der Waals surface area (Å²) in [5.41, 5.74) is 1.96. The number of hydrogen-bond donors (Lipinski definition) is 1. The van der Waals surface area contributed by atoms with Crippen LogP contribution in [0.2, 0.25) is 0 Å². The van der Waals surface area contributed by atoms with E-state index in [4.69, 9.17) is 0 Å². The number of hydrogen-bond acceptors (Lipinski definition) is 1. The zero-order valence-corrected chi connectivity index (χ0v) is 9.25. The number of nitrogens with zero attached hydrogens (tertiary/aromatic N) is 1. The molecule has 0 saturated heterocycles. The maximum Gasteiger partial charge on any atom is 0 e. The minimum absolute atomic E-state index is 0. The molecule has 0 atom stereocenters. The van der Waals surface area contributed by atoms with Crippen LogP contribution < -0.4 is 0 Å². The molecule has 0 bridgehead atoms. The molecule has 1 radical (unpaired) electrons. The van der Waals surface area contributed by atoms with Gasteiger partial charge in [0.15, 0.2) is 0 Å². The standard InChI is InChI=1S/C9H6N2.Y/c1-2-8(6-10-4-1)9-3-5-11-7-9;/h1-5,11H;/q-2;. The Morgan fingerprint density at radius 1 is 1.25 bits per heavy atom. The molecule has 2 rings (SSSR count). The van der Waals surface area contributed by atoms with E-state index < -0.39 is 0 Å². The van der Waals surface area contributed by atoms with Crippen molar-refractivity contribution >= 4 is 0 Å². The summed E-state index contributed by atoms with van der Waals surface area (Å²) in [4.78, 5) is 6.74. The Labute approximate surface area is 96.3 Å². The summed E-state index contributed by atoms with van der Waals surface area (Å²) >= 11 is 0.